The molecule has 0 aromatic heterocycles. The van der Waals surface area contributed by atoms with Gasteiger partial charge in [-0.25, -0.2) is 0 Å². The van der Waals surface area contributed by atoms with Gasteiger partial charge in [0.25, 0.3) is 0 Å². The Kier molecular flexibility index (Phi) is 5.84. The van der Waals surface area contributed by atoms with Gasteiger partial charge in [-0.2, -0.15) is 0 Å². The Labute approximate surface area is 152 Å². The average Bonchev–Trinajstić information content (AvgIpc) is 2.69. The van der Waals surface area contributed by atoms with Crippen molar-refractivity contribution in [1.29, 1.82) is 0 Å². The third kappa shape index (κ3) is 3.46. The summed E-state index contributed by atoms with van der Waals surface area (Å²) in [6.45, 7) is 4.59. The molecule has 25 heavy (non-hydrogen) atoms. The van der Waals surface area contributed by atoms with Gasteiger partial charge >= 0.3 is 0 Å². The Balaban J connectivity index is 2.33. The maximum Gasteiger partial charge on any atom is 0.118 e. The average molecular weight is 345 g/mol. The van der Waals surface area contributed by atoms with Crippen molar-refractivity contribution in [3.63, 3.8) is 0 Å². The van der Waals surface area contributed by atoms with Gasteiger partial charge in [0.2, 0.25) is 0 Å². The molecule has 0 aliphatic carbocycles. The Morgan fingerprint density at radius 2 is 1.04 bits per heavy atom. The van der Waals surface area contributed by atoms with Crippen LogP contribution in [0.5, 0.6) is 0 Å². The normalized spacial score (nSPS) is 13.0. The molecule has 0 heterocycles. The molecule has 0 amide bonds. The molecule has 3 aromatic rings. The molecule has 0 saturated heterocycles. The fourth-order valence-corrected chi connectivity index (χ4v) is 8.22. The van der Waals surface area contributed by atoms with E-state index in [9.17, 15) is 0 Å². The van der Waals surface area contributed by atoms with Gasteiger partial charge in [0.05, 0.1) is 5.66 Å². The number of allylic oxidation sites excluding steroid dienone is 2. The quantitative estimate of drug-likeness (QED) is 0.418. The summed E-state index contributed by atoms with van der Waals surface area (Å²) in [5.41, 5.74) is 0.444. The van der Waals surface area contributed by atoms with Crippen LogP contribution in [0.3, 0.4) is 0 Å². The van der Waals surface area contributed by atoms with Crippen LogP contribution < -0.4 is 15.9 Å². The third-order valence-corrected chi connectivity index (χ3v) is 9.48. The van der Waals surface area contributed by atoms with Crippen molar-refractivity contribution >= 4 is 23.2 Å². The second-order valence-corrected chi connectivity index (χ2v) is 10.1. The van der Waals surface area contributed by atoms with Crippen LogP contribution in [0.25, 0.3) is 0 Å². The van der Waals surface area contributed by atoms with E-state index in [1.807, 2.05) is 0 Å². The molecule has 0 N–H and O–H groups in total. The van der Waals surface area contributed by atoms with Crippen molar-refractivity contribution in [1.82, 2.24) is 0 Å². The first kappa shape index (κ1) is 17.6. The molecule has 3 rings (SSSR count). The van der Waals surface area contributed by atoms with Crippen LogP contribution in [-0.4, -0.2) is 5.66 Å². The summed E-state index contributed by atoms with van der Waals surface area (Å²) in [7, 11) is -1.76. The molecule has 0 saturated carbocycles. The van der Waals surface area contributed by atoms with Crippen LogP contribution in [0.15, 0.2) is 103 Å². The number of benzene rings is 3. The summed E-state index contributed by atoms with van der Waals surface area (Å²) in [6, 6.07) is 33.2. The molecule has 0 spiro atoms. The molecular formula is C24H26P+. The van der Waals surface area contributed by atoms with Crippen molar-refractivity contribution in [2.45, 2.75) is 25.9 Å². The molecule has 0 aliphatic rings. The van der Waals surface area contributed by atoms with Crippen molar-refractivity contribution < 1.29 is 0 Å². The lowest BCUT2D eigenvalue weighted by molar-refractivity contribution is 1.16. The molecular weight excluding hydrogens is 319 g/mol. The first-order chi connectivity index (χ1) is 12.3. The van der Waals surface area contributed by atoms with Crippen LogP contribution in [-0.2, 0) is 0 Å². The van der Waals surface area contributed by atoms with E-state index < -0.39 is 7.26 Å². The minimum absolute atomic E-state index is 0.444. The zero-order chi connectivity index (χ0) is 17.5. The lowest BCUT2D eigenvalue weighted by Crippen LogP contribution is -2.36. The molecule has 1 unspecified atom stereocenters. The van der Waals surface area contributed by atoms with E-state index in [4.69, 9.17) is 0 Å². The van der Waals surface area contributed by atoms with Crippen LogP contribution in [0, 0.1) is 0 Å². The molecule has 1 heteroatoms. The zero-order valence-electron chi connectivity index (χ0n) is 15.0. The highest BCUT2D eigenvalue weighted by Crippen LogP contribution is 2.60. The maximum absolute atomic E-state index is 2.42. The summed E-state index contributed by atoms with van der Waals surface area (Å²) >= 11 is 0. The predicted molar refractivity (Wildman–Crippen MR) is 114 cm³/mol. The number of hydrogen-bond donors (Lipinski definition) is 0. The zero-order valence-corrected chi connectivity index (χ0v) is 15.9. The fraction of sp³-hybridized carbons (Fsp3) is 0.167. The largest absolute Gasteiger partial charge is 0.118 e. The first-order valence-corrected chi connectivity index (χ1v) is 10.9. The Morgan fingerprint density at radius 1 is 0.680 bits per heavy atom. The molecule has 0 nitrogen and oxygen atoms in total. The predicted octanol–water partition coefficient (Wildman–Crippen LogP) is 5.34. The fourth-order valence-electron chi connectivity index (χ4n) is 3.60. The number of rotatable bonds is 6. The van der Waals surface area contributed by atoms with Gasteiger partial charge in [-0.3, -0.25) is 0 Å². The van der Waals surface area contributed by atoms with Gasteiger partial charge in [-0.1, -0.05) is 67.6 Å². The standard InChI is InChI=1S/C24H26P/c1-3-4-14-21(2)25(22-15-8-5-9-16-22,23-17-10-6-11-18-23)24-19-12-7-13-20-24/h4-21H,3H2,1-2H3/q+1. The summed E-state index contributed by atoms with van der Waals surface area (Å²) < 4.78 is 0. The molecule has 0 aliphatic heterocycles. The van der Waals surface area contributed by atoms with E-state index in [2.05, 4.69) is 117 Å². The Morgan fingerprint density at radius 3 is 1.36 bits per heavy atom. The van der Waals surface area contributed by atoms with E-state index in [0.29, 0.717) is 5.66 Å². The van der Waals surface area contributed by atoms with Gasteiger partial charge in [0, 0.05) is 0 Å². The van der Waals surface area contributed by atoms with E-state index in [0.717, 1.165) is 6.42 Å². The van der Waals surface area contributed by atoms with Crippen LogP contribution >= 0.6 is 7.26 Å². The van der Waals surface area contributed by atoms with Crippen molar-refractivity contribution in [3.05, 3.63) is 103 Å². The highest BCUT2D eigenvalue weighted by molar-refractivity contribution is 7.96. The Bertz CT molecular complexity index is 695. The van der Waals surface area contributed by atoms with Crippen LogP contribution in [0.4, 0.5) is 0 Å². The van der Waals surface area contributed by atoms with Crippen LogP contribution in [0.2, 0.25) is 0 Å². The topological polar surface area (TPSA) is 0 Å². The third-order valence-electron chi connectivity index (χ3n) is 4.75. The van der Waals surface area contributed by atoms with Gasteiger partial charge in [-0.15, -0.1) is 0 Å². The van der Waals surface area contributed by atoms with E-state index in [1.54, 1.807) is 0 Å². The van der Waals surface area contributed by atoms with Crippen molar-refractivity contribution in [3.8, 4) is 0 Å². The van der Waals surface area contributed by atoms with Crippen LogP contribution in [0.1, 0.15) is 20.3 Å². The van der Waals surface area contributed by atoms with Gasteiger partial charge in [0.15, 0.2) is 0 Å². The summed E-state index contributed by atoms with van der Waals surface area (Å²) in [5, 5.41) is 4.34. The highest BCUT2D eigenvalue weighted by atomic mass is 31.2. The Hall–Kier alpha value is -2.17. The highest BCUT2D eigenvalue weighted by Gasteiger charge is 2.49. The summed E-state index contributed by atoms with van der Waals surface area (Å²) in [5.74, 6) is 0. The molecule has 0 bridgehead atoms. The molecule has 0 radical (unpaired) electrons. The van der Waals surface area contributed by atoms with E-state index in [-0.39, 0.29) is 0 Å². The maximum atomic E-state index is 2.42. The lowest BCUT2D eigenvalue weighted by atomic mass is 10.3. The summed E-state index contributed by atoms with van der Waals surface area (Å²) in [4.78, 5) is 0. The smallest absolute Gasteiger partial charge is 0.0849 e. The van der Waals surface area contributed by atoms with E-state index in [1.165, 1.54) is 15.9 Å². The minimum Gasteiger partial charge on any atom is -0.0849 e. The second-order valence-electron chi connectivity index (χ2n) is 6.31. The molecule has 126 valence electrons. The molecule has 0 fully saturated rings. The lowest BCUT2D eigenvalue weighted by Gasteiger charge is -2.31. The molecule has 1 atom stereocenters. The van der Waals surface area contributed by atoms with Gasteiger partial charge in [-0.05, 0) is 55.8 Å². The van der Waals surface area contributed by atoms with Crippen molar-refractivity contribution in [2.24, 2.45) is 0 Å². The van der Waals surface area contributed by atoms with Crippen molar-refractivity contribution in [2.75, 3.05) is 0 Å². The van der Waals surface area contributed by atoms with Gasteiger partial charge in [0.1, 0.15) is 23.2 Å². The second kappa shape index (κ2) is 8.28. The first-order valence-electron chi connectivity index (χ1n) is 9.02. The van der Waals surface area contributed by atoms with Gasteiger partial charge < -0.3 is 0 Å². The van der Waals surface area contributed by atoms with E-state index >= 15 is 0 Å². The monoisotopic (exact) mass is 345 g/mol. The number of hydrogen-bond acceptors (Lipinski definition) is 0. The minimum atomic E-state index is -1.76. The SMILES string of the molecule is CCC=CC(C)[P+](c1ccccc1)(c1ccccc1)c1ccccc1. The molecule has 3 aromatic carbocycles. The summed E-state index contributed by atoms with van der Waals surface area (Å²) in [6.07, 6.45) is 5.80.